The van der Waals surface area contributed by atoms with Crippen LogP contribution < -0.4 is 10.1 Å². The van der Waals surface area contributed by atoms with Crippen LogP contribution in [0.3, 0.4) is 0 Å². The quantitative estimate of drug-likeness (QED) is 0.854. The molecule has 2 rings (SSSR count). The van der Waals surface area contributed by atoms with Gasteiger partial charge in [0.05, 0.1) is 7.11 Å². The minimum atomic E-state index is 0.465. The third kappa shape index (κ3) is 2.53. The fourth-order valence-electron chi connectivity index (χ4n) is 2.15. The third-order valence-electron chi connectivity index (χ3n) is 3.02. The summed E-state index contributed by atoms with van der Waals surface area (Å²) in [7, 11) is 1.70. The standard InChI is InChI=1S/C13H19NOS/c1-9-8-14-13(10(2)16-9)11-4-6-12(15-3)7-5-11/h4-7,9-10,13-14H,8H2,1-3H3. The van der Waals surface area contributed by atoms with E-state index in [1.807, 2.05) is 12.1 Å². The zero-order valence-electron chi connectivity index (χ0n) is 10.1. The van der Waals surface area contributed by atoms with Gasteiger partial charge in [0.1, 0.15) is 5.75 Å². The predicted octanol–water partition coefficient (Wildman–Crippen LogP) is 2.85. The molecule has 2 nitrogen and oxygen atoms in total. The number of hydrogen-bond acceptors (Lipinski definition) is 3. The summed E-state index contributed by atoms with van der Waals surface area (Å²) in [6, 6.07) is 8.85. The summed E-state index contributed by atoms with van der Waals surface area (Å²) < 4.78 is 5.17. The molecule has 1 heterocycles. The number of methoxy groups -OCH3 is 1. The van der Waals surface area contributed by atoms with E-state index in [2.05, 4.69) is 43.1 Å². The van der Waals surface area contributed by atoms with Crippen molar-refractivity contribution < 1.29 is 4.74 Å². The number of hydrogen-bond donors (Lipinski definition) is 1. The molecule has 0 saturated carbocycles. The minimum Gasteiger partial charge on any atom is -0.497 e. The maximum atomic E-state index is 5.17. The first-order chi connectivity index (χ1) is 7.70. The van der Waals surface area contributed by atoms with Gasteiger partial charge in [-0.15, -0.1) is 0 Å². The molecule has 1 saturated heterocycles. The second kappa shape index (κ2) is 5.11. The Kier molecular flexibility index (Phi) is 3.77. The second-order valence-corrected chi connectivity index (χ2v) is 6.13. The third-order valence-corrected chi connectivity index (χ3v) is 4.35. The van der Waals surface area contributed by atoms with E-state index in [1.54, 1.807) is 7.11 Å². The molecule has 3 atom stereocenters. The Hall–Kier alpha value is -0.670. The van der Waals surface area contributed by atoms with Crippen molar-refractivity contribution in [2.75, 3.05) is 13.7 Å². The molecule has 1 aliphatic rings. The van der Waals surface area contributed by atoms with E-state index >= 15 is 0 Å². The summed E-state index contributed by atoms with van der Waals surface area (Å²) in [6.07, 6.45) is 0. The number of thioether (sulfide) groups is 1. The van der Waals surface area contributed by atoms with Crippen LogP contribution in [0.1, 0.15) is 25.5 Å². The van der Waals surface area contributed by atoms with Crippen LogP contribution in [0.15, 0.2) is 24.3 Å². The molecule has 1 aromatic rings. The van der Waals surface area contributed by atoms with Crippen LogP contribution in [0.25, 0.3) is 0 Å². The van der Waals surface area contributed by atoms with Crippen LogP contribution in [0.5, 0.6) is 5.75 Å². The summed E-state index contributed by atoms with van der Waals surface area (Å²) in [5.74, 6) is 0.924. The molecular weight excluding hydrogens is 218 g/mol. The van der Waals surface area contributed by atoms with Crippen molar-refractivity contribution in [3.63, 3.8) is 0 Å². The number of ether oxygens (including phenoxy) is 1. The van der Waals surface area contributed by atoms with E-state index in [0.717, 1.165) is 12.3 Å². The average Bonchev–Trinajstić information content (AvgIpc) is 2.29. The molecule has 3 heteroatoms. The Bertz CT molecular complexity index is 338. The smallest absolute Gasteiger partial charge is 0.118 e. The Morgan fingerprint density at radius 1 is 1.25 bits per heavy atom. The molecule has 1 fully saturated rings. The van der Waals surface area contributed by atoms with Crippen LogP contribution in [-0.4, -0.2) is 24.2 Å². The van der Waals surface area contributed by atoms with Gasteiger partial charge in [-0.1, -0.05) is 26.0 Å². The van der Waals surface area contributed by atoms with E-state index in [1.165, 1.54) is 5.56 Å². The van der Waals surface area contributed by atoms with Gasteiger partial charge in [-0.25, -0.2) is 0 Å². The summed E-state index contributed by atoms with van der Waals surface area (Å²) in [5, 5.41) is 4.95. The van der Waals surface area contributed by atoms with Crippen molar-refractivity contribution in [2.45, 2.75) is 30.4 Å². The Balaban J connectivity index is 2.11. The van der Waals surface area contributed by atoms with Gasteiger partial charge >= 0.3 is 0 Å². The van der Waals surface area contributed by atoms with Crippen molar-refractivity contribution >= 4 is 11.8 Å². The van der Waals surface area contributed by atoms with E-state index in [9.17, 15) is 0 Å². The highest BCUT2D eigenvalue weighted by molar-refractivity contribution is 8.00. The molecule has 0 bridgehead atoms. The molecule has 3 unspecified atom stereocenters. The summed E-state index contributed by atoms with van der Waals surface area (Å²) in [6.45, 7) is 5.66. The maximum Gasteiger partial charge on any atom is 0.118 e. The van der Waals surface area contributed by atoms with E-state index in [4.69, 9.17) is 4.74 Å². The van der Waals surface area contributed by atoms with Gasteiger partial charge in [0.2, 0.25) is 0 Å². The van der Waals surface area contributed by atoms with E-state index in [-0.39, 0.29) is 0 Å². The van der Waals surface area contributed by atoms with Gasteiger partial charge < -0.3 is 10.1 Å². The highest BCUT2D eigenvalue weighted by Crippen LogP contribution is 2.33. The van der Waals surface area contributed by atoms with Crippen molar-refractivity contribution in [3.8, 4) is 5.75 Å². The van der Waals surface area contributed by atoms with Gasteiger partial charge in [-0.2, -0.15) is 11.8 Å². The normalized spacial score (nSPS) is 30.1. The fourth-order valence-corrected chi connectivity index (χ4v) is 3.49. The molecule has 88 valence electrons. The lowest BCUT2D eigenvalue weighted by Crippen LogP contribution is -2.39. The highest BCUT2D eigenvalue weighted by atomic mass is 32.2. The average molecular weight is 237 g/mol. The van der Waals surface area contributed by atoms with Gasteiger partial charge in [-0.3, -0.25) is 0 Å². The van der Waals surface area contributed by atoms with Gasteiger partial charge in [0.25, 0.3) is 0 Å². The minimum absolute atomic E-state index is 0.465. The molecular formula is C13H19NOS. The van der Waals surface area contributed by atoms with Crippen LogP contribution in [0.2, 0.25) is 0 Å². The molecule has 0 aliphatic carbocycles. The number of nitrogens with one attached hydrogen (secondary N) is 1. The van der Waals surface area contributed by atoms with Gasteiger partial charge in [-0.05, 0) is 17.7 Å². The molecule has 0 spiro atoms. The van der Waals surface area contributed by atoms with Crippen LogP contribution >= 0.6 is 11.8 Å². The topological polar surface area (TPSA) is 21.3 Å². The van der Waals surface area contributed by atoms with Crippen LogP contribution in [0, 0.1) is 0 Å². The second-order valence-electron chi connectivity index (χ2n) is 4.31. The molecule has 1 aromatic carbocycles. The Morgan fingerprint density at radius 3 is 2.50 bits per heavy atom. The molecule has 0 amide bonds. The monoisotopic (exact) mass is 237 g/mol. The highest BCUT2D eigenvalue weighted by Gasteiger charge is 2.26. The SMILES string of the molecule is COc1ccc(C2NCC(C)SC2C)cc1. The van der Waals surface area contributed by atoms with Crippen LogP contribution in [0.4, 0.5) is 0 Å². The van der Waals surface area contributed by atoms with Crippen LogP contribution in [-0.2, 0) is 0 Å². The van der Waals surface area contributed by atoms with Gasteiger partial charge in [0, 0.05) is 23.1 Å². The first-order valence-corrected chi connectivity index (χ1v) is 6.68. The van der Waals surface area contributed by atoms with Crippen molar-refractivity contribution in [1.82, 2.24) is 5.32 Å². The fraction of sp³-hybridized carbons (Fsp3) is 0.538. The lowest BCUT2D eigenvalue weighted by Gasteiger charge is -2.33. The summed E-state index contributed by atoms with van der Waals surface area (Å²) in [4.78, 5) is 0. The maximum absolute atomic E-state index is 5.17. The number of rotatable bonds is 2. The van der Waals surface area contributed by atoms with Crippen molar-refractivity contribution in [2.24, 2.45) is 0 Å². The molecule has 1 aliphatic heterocycles. The lowest BCUT2D eigenvalue weighted by molar-refractivity contribution is 0.414. The summed E-state index contributed by atoms with van der Waals surface area (Å²) >= 11 is 2.06. The largest absolute Gasteiger partial charge is 0.497 e. The Morgan fingerprint density at radius 2 is 1.94 bits per heavy atom. The van der Waals surface area contributed by atoms with E-state index < -0.39 is 0 Å². The molecule has 16 heavy (non-hydrogen) atoms. The Labute approximate surface area is 102 Å². The molecule has 1 N–H and O–H groups in total. The van der Waals surface area contributed by atoms with Gasteiger partial charge in [0.15, 0.2) is 0 Å². The zero-order valence-corrected chi connectivity index (χ0v) is 10.9. The van der Waals surface area contributed by atoms with Crippen molar-refractivity contribution in [1.29, 1.82) is 0 Å². The lowest BCUT2D eigenvalue weighted by atomic mass is 10.0. The predicted molar refractivity (Wildman–Crippen MR) is 70.3 cm³/mol. The number of benzene rings is 1. The first-order valence-electron chi connectivity index (χ1n) is 5.73. The first kappa shape index (κ1) is 11.8. The summed E-state index contributed by atoms with van der Waals surface area (Å²) in [5.41, 5.74) is 1.35. The zero-order chi connectivity index (χ0) is 11.5. The van der Waals surface area contributed by atoms with Crippen molar-refractivity contribution in [3.05, 3.63) is 29.8 Å². The molecule has 0 aromatic heterocycles. The van der Waals surface area contributed by atoms with E-state index in [0.29, 0.717) is 16.5 Å². The molecule has 0 radical (unpaired) electrons.